The van der Waals surface area contributed by atoms with E-state index in [0.717, 1.165) is 44.2 Å². The van der Waals surface area contributed by atoms with Crippen LogP contribution >= 0.6 is 24.0 Å². The van der Waals surface area contributed by atoms with Gasteiger partial charge in [0, 0.05) is 57.4 Å². The van der Waals surface area contributed by atoms with E-state index in [0.29, 0.717) is 31.4 Å². The highest BCUT2D eigenvalue weighted by Gasteiger charge is 2.20. The van der Waals surface area contributed by atoms with Gasteiger partial charge in [0.1, 0.15) is 6.54 Å². The van der Waals surface area contributed by atoms with Crippen molar-refractivity contribution in [2.75, 3.05) is 44.2 Å². The van der Waals surface area contributed by atoms with E-state index < -0.39 is 0 Å². The average Bonchev–Trinajstić information content (AvgIpc) is 3.27. The van der Waals surface area contributed by atoms with E-state index in [9.17, 15) is 4.79 Å². The maximum atomic E-state index is 12.6. The molecule has 0 aliphatic carbocycles. The van der Waals surface area contributed by atoms with Gasteiger partial charge in [-0.1, -0.05) is 37.2 Å². The van der Waals surface area contributed by atoms with Crippen LogP contribution in [0, 0.1) is 0 Å². The molecule has 1 saturated heterocycles. The highest BCUT2D eigenvalue weighted by molar-refractivity contribution is 14.0. The third-order valence-electron chi connectivity index (χ3n) is 5.29. The Bertz CT molecular complexity index is 847. The molecule has 1 aromatic heterocycles. The van der Waals surface area contributed by atoms with Crippen LogP contribution in [0.25, 0.3) is 0 Å². The van der Waals surface area contributed by atoms with Gasteiger partial charge in [0.15, 0.2) is 11.7 Å². The van der Waals surface area contributed by atoms with Crippen molar-refractivity contribution in [2.45, 2.75) is 39.7 Å². The SMILES string of the molecule is CCNC(=NCc1cc(C(C)C)no1)NCCC(=O)N1CCN(c2ccccc2)CC1.I. The number of para-hydroxylation sites is 1. The number of guanidine groups is 1. The van der Waals surface area contributed by atoms with Crippen LogP contribution in [0.4, 0.5) is 5.69 Å². The summed E-state index contributed by atoms with van der Waals surface area (Å²) in [7, 11) is 0. The molecule has 176 valence electrons. The molecule has 9 heteroatoms. The van der Waals surface area contributed by atoms with Crippen LogP contribution in [0.1, 0.15) is 44.6 Å². The van der Waals surface area contributed by atoms with Crippen LogP contribution in [-0.4, -0.2) is 61.2 Å². The molecule has 1 amide bonds. The predicted molar refractivity (Wildman–Crippen MR) is 139 cm³/mol. The monoisotopic (exact) mass is 554 g/mol. The average molecular weight is 554 g/mol. The zero-order chi connectivity index (χ0) is 22.1. The number of aliphatic imine (C=N–C) groups is 1. The lowest BCUT2D eigenvalue weighted by atomic mass is 10.1. The first-order chi connectivity index (χ1) is 15.1. The molecule has 2 N–H and O–H groups in total. The Hall–Kier alpha value is -2.30. The lowest BCUT2D eigenvalue weighted by molar-refractivity contribution is -0.131. The molecule has 2 heterocycles. The molecule has 2 aromatic rings. The number of anilines is 1. The number of hydrogen-bond acceptors (Lipinski definition) is 5. The summed E-state index contributed by atoms with van der Waals surface area (Å²) in [5.74, 6) is 1.90. The molecule has 1 aliphatic heterocycles. The van der Waals surface area contributed by atoms with E-state index in [4.69, 9.17) is 4.52 Å². The molecular weight excluding hydrogens is 519 g/mol. The Balaban J connectivity index is 0.00000363. The van der Waals surface area contributed by atoms with Crippen molar-refractivity contribution < 1.29 is 9.32 Å². The molecule has 0 bridgehead atoms. The molecule has 0 saturated carbocycles. The van der Waals surface area contributed by atoms with Crippen LogP contribution in [0.3, 0.4) is 0 Å². The van der Waals surface area contributed by atoms with Crippen LogP contribution < -0.4 is 15.5 Å². The van der Waals surface area contributed by atoms with E-state index in [2.05, 4.69) is 51.7 Å². The van der Waals surface area contributed by atoms with E-state index in [1.165, 1.54) is 5.69 Å². The van der Waals surface area contributed by atoms with Gasteiger partial charge in [0.2, 0.25) is 5.91 Å². The van der Waals surface area contributed by atoms with Crippen molar-refractivity contribution in [3.63, 3.8) is 0 Å². The number of aromatic nitrogens is 1. The topological polar surface area (TPSA) is 86.0 Å². The highest BCUT2D eigenvalue weighted by atomic mass is 127. The summed E-state index contributed by atoms with van der Waals surface area (Å²) in [5.41, 5.74) is 2.15. The number of carbonyl (C=O) groups excluding carboxylic acids is 1. The molecule has 0 spiro atoms. The Morgan fingerprint density at radius 3 is 2.50 bits per heavy atom. The van der Waals surface area contributed by atoms with Gasteiger partial charge >= 0.3 is 0 Å². The normalized spacial score (nSPS) is 14.3. The van der Waals surface area contributed by atoms with E-state index in [1.807, 2.05) is 36.1 Å². The van der Waals surface area contributed by atoms with Gasteiger partial charge < -0.3 is 25.0 Å². The Kier molecular flexibility index (Phi) is 10.8. The summed E-state index contributed by atoms with van der Waals surface area (Å²) in [6, 6.07) is 12.3. The van der Waals surface area contributed by atoms with Crippen LogP contribution in [0.2, 0.25) is 0 Å². The number of piperazine rings is 1. The fourth-order valence-corrected chi connectivity index (χ4v) is 3.47. The van der Waals surface area contributed by atoms with Gasteiger partial charge in [-0.2, -0.15) is 0 Å². The third-order valence-corrected chi connectivity index (χ3v) is 5.29. The van der Waals surface area contributed by atoms with Crippen LogP contribution in [0.15, 0.2) is 45.9 Å². The molecule has 1 aromatic carbocycles. The second-order valence-electron chi connectivity index (χ2n) is 7.95. The highest BCUT2D eigenvalue weighted by Crippen LogP contribution is 2.16. The minimum atomic E-state index is 0. The number of nitrogens with one attached hydrogen (secondary N) is 2. The van der Waals surface area contributed by atoms with Crippen molar-refractivity contribution in [1.29, 1.82) is 0 Å². The largest absolute Gasteiger partial charge is 0.368 e. The molecule has 0 radical (unpaired) electrons. The van der Waals surface area contributed by atoms with Gasteiger partial charge in [-0.05, 0) is 25.0 Å². The number of nitrogens with zero attached hydrogens (tertiary/aromatic N) is 4. The number of amides is 1. The molecule has 3 rings (SSSR count). The standard InChI is InChI=1S/C23H34N6O2.HI/c1-4-24-23(26-17-20-16-21(18(2)3)27-31-20)25-11-10-22(30)29-14-12-28(13-15-29)19-8-6-5-7-9-19;/h5-9,16,18H,4,10-15,17H2,1-3H3,(H2,24,25,26);1H. The van der Waals surface area contributed by atoms with E-state index in [-0.39, 0.29) is 29.9 Å². The molecule has 32 heavy (non-hydrogen) atoms. The minimum Gasteiger partial charge on any atom is -0.368 e. The Labute approximate surface area is 207 Å². The zero-order valence-electron chi connectivity index (χ0n) is 19.2. The predicted octanol–water partition coefficient (Wildman–Crippen LogP) is 3.21. The van der Waals surface area contributed by atoms with Gasteiger partial charge in [-0.15, -0.1) is 24.0 Å². The van der Waals surface area contributed by atoms with Gasteiger partial charge in [-0.25, -0.2) is 4.99 Å². The molecule has 0 atom stereocenters. The van der Waals surface area contributed by atoms with E-state index >= 15 is 0 Å². The number of halogens is 1. The fraction of sp³-hybridized carbons (Fsp3) is 0.522. The number of rotatable bonds is 8. The molecule has 1 aliphatic rings. The zero-order valence-corrected chi connectivity index (χ0v) is 21.5. The van der Waals surface area contributed by atoms with Crippen molar-refractivity contribution in [2.24, 2.45) is 4.99 Å². The van der Waals surface area contributed by atoms with Gasteiger partial charge in [-0.3, -0.25) is 4.79 Å². The van der Waals surface area contributed by atoms with Crippen molar-refractivity contribution >= 4 is 41.5 Å². The van der Waals surface area contributed by atoms with E-state index in [1.54, 1.807) is 0 Å². The minimum absolute atomic E-state index is 0. The lowest BCUT2D eigenvalue weighted by Crippen LogP contribution is -2.49. The van der Waals surface area contributed by atoms with Crippen molar-refractivity contribution in [1.82, 2.24) is 20.7 Å². The van der Waals surface area contributed by atoms with Crippen molar-refractivity contribution in [3.05, 3.63) is 47.9 Å². The second kappa shape index (κ2) is 13.3. The molecule has 1 fully saturated rings. The van der Waals surface area contributed by atoms with Gasteiger partial charge in [0.25, 0.3) is 0 Å². The van der Waals surface area contributed by atoms with Crippen LogP contribution in [0.5, 0.6) is 0 Å². The maximum absolute atomic E-state index is 12.6. The summed E-state index contributed by atoms with van der Waals surface area (Å²) in [6.07, 6.45) is 0.440. The first-order valence-corrected chi connectivity index (χ1v) is 11.1. The smallest absolute Gasteiger partial charge is 0.224 e. The second-order valence-corrected chi connectivity index (χ2v) is 7.95. The molecule has 8 nitrogen and oxygen atoms in total. The van der Waals surface area contributed by atoms with Gasteiger partial charge in [0.05, 0.1) is 5.69 Å². The number of hydrogen-bond donors (Lipinski definition) is 2. The van der Waals surface area contributed by atoms with Crippen LogP contribution in [-0.2, 0) is 11.3 Å². The first kappa shape index (κ1) is 26.0. The summed E-state index contributed by atoms with van der Waals surface area (Å²) in [5, 5.41) is 10.5. The molecular formula is C23H35IN6O2. The molecule has 0 unspecified atom stereocenters. The Morgan fingerprint density at radius 2 is 1.88 bits per heavy atom. The summed E-state index contributed by atoms with van der Waals surface area (Å²) in [6.45, 7) is 11.1. The Morgan fingerprint density at radius 1 is 1.16 bits per heavy atom. The first-order valence-electron chi connectivity index (χ1n) is 11.1. The fourth-order valence-electron chi connectivity index (χ4n) is 3.47. The quantitative estimate of drug-likeness (QED) is 0.296. The maximum Gasteiger partial charge on any atom is 0.224 e. The lowest BCUT2D eigenvalue weighted by Gasteiger charge is -2.36. The summed E-state index contributed by atoms with van der Waals surface area (Å²) >= 11 is 0. The third kappa shape index (κ3) is 7.68. The number of carbonyl (C=O) groups is 1. The summed E-state index contributed by atoms with van der Waals surface area (Å²) in [4.78, 5) is 21.4. The summed E-state index contributed by atoms with van der Waals surface area (Å²) < 4.78 is 5.34. The number of benzene rings is 1. The van der Waals surface area contributed by atoms with Crippen molar-refractivity contribution in [3.8, 4) is 0 Å².